The van der Waals surface area contributed by atoms with E-state index in [9.17, 15) is 9.00 Å². The van der Waals surface area contributed by atoms with Crippen LogP contribution in [0.3, 0.4) is 0 Å². The molecule has 0 atom stereocenters. The van der Waals surface area contributed by atoms with Crippen LogP contribution in [-0.4, -0.2) is 27.7 Å². The van der Waals surface area contributed by atoms with E-state index in [4.69, 9.17) is 17.4 Å². The molecule has 1 aliphatic rings. The monoisotopic (exact) mass is 301 g/mol. The summed E-state index contributed by atoms with van der Waals surface area (Å²) in [6.45, 7) is 0. The largest absolute Gasteiger partial charge is 0.349 e. The molecule has 1 saturated heterocycles. The van der Waals surface area contributed by atoms with Crippen LogP contribution >= 0.6 is 11.6 Å². The van der Waals surface area contributed by atoms with E-state index < -0.39 is 10.8 Å². The van der Waals surface area contributed by atoms with E-state index in [1.54, 1.807) is 18.2 Å². The van der Waals surface area contributed by atoms with Crippen molar-refractivity contribution in [2.24, 2.45) is 5.84 Å². The molecule has 19 heavy (non-hydrogen) atoms. The molecule has 0 unspecified atom stereocenters. The van der Waals surface area contributed by atoms with Crippen molar-refractivity contribution in [1.82, 2.24) is 5.32 Å². The Morgan fingerprint density at radius 2 is 2.05 bits per heavy atom. The van der Waals surface area contributed by atoms with Crippen molar-refractivity contribution in [3.05, 3.63) is 28.8 Å². The average molecular weight is 302 g/mol. The number of nitrogens with one attached hydrogen (secondary N) is 2. The second kappa shape index (κ2) is 6.36. The molecule has 1 aliphatic heterocycles. The maximum absolute atomic E-state index is 12.2. The number of hydrogen-bond acceptors (Lipinski definition) is 4. The van der Waals surface area contributed by atoms with Gasteiger partial charge in [0, 0.05) is 33.4 Å². The molecule has 0 saturated carbocycles. The zero-order valence-electron chi connectivity index (χ0n) is 10.3. The maximum Gasteiger partial charge on any atom is 0.253 e. The van der Waals surface area contributed by atoms with Crippen LogP contribution in [0.1, 0.15) is 23.2 Å². The first-order chi connectivity index (χ1) is 9.10. The number of anilines is 1. The second-order valence-corrected chi connectivity index (χ2v) is 6.56. The van der Waals surface area contributed by atoms with Gasteiger partial charge in [-0.05, 0) is 31.0 Å². The fourth-order valence-electron chi connectivity index (χ4n) is 2.03. The second-order valence-electron chi connectivity index (χ2n) is 4.43. The predicted molar refractivity (Wildman–Crippen MR) is 77.6 cm³/mol. The first-order valence-corrected chi connectivity index (χ1v) is 7.89. The maximum atomic E-state index is 12.2. The lowest BCUT2D eigenvalue weighted by Gasteiger charge is -2.23. The van der Waals surface area contributed by atoms with E-state index in [0.29, 0.717) is 27.8 Å². The van der Waals surface area contributed by atoms with Crippen LogP contribution in [0, 0.1) is 0 Å². The van der Waals surface area contributed by atoms with Gasteiger partial charge in [0.25, 0.3) is 5.91 Å². The third-order valence-corrected chi connectivity index (χ3v) is 4.72. The summed E-state index contributed by atoms with van der Waals surface area (Å²) in [6.07, 6.45) is 1.48. The summed E-state index contributed by atoms with van der Waals surface area (Å²) in [4.78, 5) is 12.2. The molecule has 2 rings (SSSR count). The number of nitrogen functional groups attached to an aromatic ring is 1. The van der Waals surface area contributed by atoms with Crippen LogP contribution in [0.15, 0.2) is 18.2 Å². The number of halogens is 1. The highest BCUT2D eigenvalue weighted by Crippen LogP contribution is 2.20. The van der Waals surface area contributed by atoms with E-state index in [2.05, 4.69) is 10.7 Å². The van der Waals surface area contributed by atoms with Crippen LogP contribution in [0.4, 0.5) is 5.69 Å². The summed E-state index contributed by atoms with van der Waals surface area (Å²) in [7, 11) is -0.735. The van der Waals surface area contributed by atoms with Gasteiger partial charge in [-0.1, -0.05) is 11.6 Å². The third kappa shape index (κ3) is 3.68. The van der Waals surface area contributed by atoms with Gasteiger partial charge in [-0.3, -0.25) is 14.8 Å². The molecular weight excluding hydrogens is 286 g/mol. The van der Waals surface area contributed by atoms with Crippen LogP contribution in [-0.2, 0) is 10.8 Å². The lowest BCUT2D eigenvalue weighted by atomic mass is 10.1. The van der Waals surface area contributed by atoms with Gasteiger partial charge in [0.05, 0.1) is 11.3 Å². The molecular formula is C12H16ClN3O2S. The quantitative estimate of drug-likeness (QED) is 0.580. The lowest BCUT2D eigenvalue weighted by Crippen LogP contribution is -2.39. The molecule has 0 spiro atoms. The summed E-state index contributed by atoms with van der Waals surface area (Å²) < 4.78 is 11.3. The minimum atomic E-state index is -0.735. The number of nitrogens with two attached hydrogens (primary N) is 1. The predicted octanol–water partition coefficient (Wildman–Crippen LogP) is 1.27. The summed E-state index contributed by atoms with van der Waals surface area (Å²) in [5.74, 6) is 6.44. The normalized spacial score (nSPS) is 22.8. The van der Waals surface area contributed by atoms with Crippen LogP contribution < -0.4 is 16.6 Å². The van der Waals surface area contributed by atoms with E-state index >= 15 is 0 Å². The fourth-order valence-corrected chi connectivity index (χ4v) is 3.50. The Balaban J connectivity index is 2.07. The van der Waals surface area contributed by atoms with Crippen molar-refractivity contribution in [1.29, 1.82) is 0 Å². The van der Waals surface area contributed by atoms with Crippen molar-refractivity contribution in [2.45, 2.75) is 18.9 Å². The van der Waals surface area contributed by atoms with E-state index in [1.165, 1.54) is 0 Å². The third-order valence-electron chi connectivity index (χ3n) is 3.10. The van der Waals surface area contributed by atoms with E-state index in [1.807, 2.05) is 0 Å². The standard InChI is InChI=1S/C12H16ClN3O2S/c13-8-1-2-11(16-14)10(7-8)12(17)15-9-3-5-19(18)6-4-9/h1-2,7,9,16H,3-6,14H2,(H,15,17). The molecule has 5 nitrogen and oxygen atoms in total. The molecule has 1 heterocycles. The topological polar surface area (TPSA) is 84.2 Å². The van der Waals surface area contributed by atoms with Crippen molar-refractivity contribution >= 4 is 34.0 Å². The number of hydrogen-bond donors (Lipinski definition) is 3. The minimum absolute atomic E-state index is 0.0646. The highest BCUT2D eigenvalue weighted by Gasteiger charge is 2.21. The first-order valence-electron chi connectivity index (χ1n) is 6.02. The van der Waals surface area contributed by atoms with Crippen LogP contribution in [0.5, 0.6) is 0 Å². The smallest absolute Gasteiger partial charge is 0.253 e. The minimum Gasteiger partial charge on any atom is -0.349 e. The van der Waals surface area contributed by atoms with Gasteiger partial charge >= 0.3 is 0 Å². The Hall–Kier alpha value is -1.11. The van der Waals surface area contributed by atoms with Gasteiger partial charge in [0.15, 0.2) is 0 Å². The van der Waals surface area contributed by atoms with Gasteiger partial charge in [0.1, 0.15) is 0 Å². The highest BCUT2D eigenvalue weighted by molar-refractivity contribution is 7.85. The summed E-state index contributed by atoms with van der Waals surface area (Å²) in [5.41, 5.74) is 3.43. The van der Waals surface area contributed by atoms with Gasteiger partial charge in [-0.25, -0.2) is 0 Å². The number of rotatable bonds is 3. The highest BCUT2D eigenvalue weighted by atomic mass is 35.5. The summed E-state index contributed by atoms with van der Waals surface area (Å²) in [6, 6.07) is 4.96. The molecule has 0 aliphatic carbocycles. The molecule has 1 aromatic rings. The van der Waals surface area contributed by atoms with Crippen molar-refractivity contribution in [3.63, 3.8) is 0 Å². The number of benzene rings is 1. The fraction of sp³-hybridized carbons (Fsp3) is 0.417. The number of carbonyl (C=O) groups excluding carboxylic acids is 1. The Morgan fingerprint density at radius 1 is 1.37 bits per heavy atom. The number of carbonyl (C=O) groups is 1. The molecule has 1 amide bonds. The van der Waals surface area contributed by atoms with Crippen molar-refractivity contribution in [2.75, 3.05) is 16.9 Å². The first kappa shape index (κ1) is 14.3. The molecule has 0 bridgehead atoms. The van der Waals surface area contributed by atoms with Gasteiger partial charge < -0.3 is 10.7 Å². The number of amides is 1. The van der Waals surface area contributed by atoms with Crippen molar-refractivity contribution < 1.29 is 9.00 Å². The molecule has 7 heteroatoms. The molecule has 104 valence electrons. The van der Waals surface area contributed by atoms with E-state index in [0.717, 1.165) is 12.8 Å². The van der Waals surface area contributed by atoms with Crippen LogP contribution in [0.25, 0.3) is 0 Å². The van der Waals surface area contributed by atoms with Gasteiger partial charge in [-0.15, -0.1) is 0 Å². The molecule has 0 radical (unpaired) electrons. The SMILES string of the molecule is NNc1ccc(Cl)cc1C(=O)NC1CCS(=O)CC1. The molecule has 0 aromatic heterocycles. The van der Waals surface area contributed by atoms with Crippen LogP contribution in [0.2, 0.25) is 5.02 Å². The number of hydrazine groups is 1. The van der Waals surface area contributed by atoms with Gasteiger partial charge in [0.2, 0.25) is 0 Å². The molecule has 1 fully saturated rings. The van der Waals surface area contributed by atoms with E-state index in [-0.39, 0.29) is 11.9 Å². The molecule has 4 N–H and O–H groups in total. The van der Waals surface area contributed by atoms with Gasteiger partial charge in [-0.2, -0.15) is 0 Å². The van der Waals surface area contributed by atoms with Crippen molar-refractivity contribution in [3.8, 4) is 0 Å². The summed E-state index contributed by atoms with van der Waals surface area (Å²) in [5, 5.41) is 3.41. The Bertz CT molecular complexity index is 500. The Morgan fingerprint density at radius 3 is 2.68 bits per heavy atom. The average Bonchev–Trinajstić information content (AvgIpc) is 2.41. The summed E-state index contributed by atoms with van der Waals surface area (Å²) >= 11 is 5.89. The Kier molecular flexibility index (Phi) is 4.79. The zero-order valence-corrected chi connectivity index (χ0v) is 11.9. The lowest BCUT2D eigenvalue weighted by molar-refractivity contribution is 0.0935. The zero-order chi connectivity index (χ0) is 13.8. The Labute approximate surface area is 119 Å². The molecule has 1 aromatic carbocycles.